The van der Waals surface area contributed by atoms with Crippen molar-refractivity contribution in [1.29, 1.82) is 5.26 Å². The van der Waals surface area contributed by atoms with Crippen LogP contribution in [-0.4, -0.2) is 56.9 Å². The summed E-state index contributed by atoms with van der Waals surface area (Å²) < 4.78 is 22.7. The number of anilines is 1. The van der Waals surface area contributed by atoms with Crippen molar-refractivity contribution >= 4 is 11.7 Å². The molecule has 43 heavy (non-hydrogen) atoms. The van der Waals surface area contributed by atoms with Crippen molar-refractivity contribution in [2.45, 2.75) is 50.7 Å². The monoisotopic (exact) mass is 577 g/mol. The summed E-state index contributed by atoms with van der Waals surface area (Å²) in [4.78, 5) is 22.7. The van der Waals surface area contributed by atoms with Crippen molar-refractivity contribution in [1.82, 2.24) is 24.6 Å². The number of halogens is 1. The fraction of sp³-hybridized carbons (Fsp3) is 0.364. The Morgan fingerprint density at radius 1 is 1.09 bits per heavy atom. The van der Waals surface area contributed by atoms with Gasteiger partial charge in [0.05, 0.1) is 24.8 Å². The van der Waals surface area contributed by atoms with Gasteiger partial charge in [0, 0.05) is 55.0 Å². The minimum Gasteiger partial charge on any atom is -0.383 e. The first kappa shape index (κ1) is 27.4. The highest BCUT2D eigenvalue weighted by atomic mass is 19.1. The Kier molecular flexibility index (Phi) is 7.00. The van der Waals surface area contributed by atoms with E-state index in [-0.39, 0.29) is 18.3 Å². The molecule has 1 saturated heterocycles. The number of hydrogen-bond acceptors (Lipinski definition) is 7. The first-order valence-corrected chi connectivity index (χ1v) is 14.7. The smallest absolute Gasteiger partial charge is 0.260 e. The Labute approximate surface area is 249 Å². The predicted molar refractivity (Wildman–Crippen MR) is 159 cm³/mol. The molecule has 0 N–H and O–H groups in total. The van der Waals surface area contributed by atoms with Gasteiger partial charge < -0.3 is 9.30 Å². The van der Waals surface area contributed by atoms with Crippen LogP contribution in [0.4, 0.5) is 10.2 Å². The van der Waals surface area contributed by atoms with Crippen LogP contribution in [0.15, 0.2) is 48.8 Å². The Bertz CT molecular complexity index is 1770. The molecule has 2 aliphatic heterocycles. The van der Waals surface area contributed by atoms with Crippen LogP contribution in [0.25, 0.3) is 22.5 Å². The first-order valence-electron chi connectivity index (χ1n) is 14.7. The van der Waals surface area contributed by atoms with Crippen molar-refractivity contribution in [3.8, 4) is 28.6 Å². The van der Waals surface area contributed by atoms with Gasteiger partial charge in [0.25, 0.3) is 5.91 Å². The maximum Gasteiger partial charge on any atom is 0.260 e. The molecule has 1 atom stereocenters. The van der Waals surface area contributed by atoms with E-state index in [0.29, 0.717) is 53.4 Å². The molecule has 2 fully saturated rings. The molecule has 1 amide bonds. The zero-order valence-corrected chi connectivity index (χ0v) is 24.3. The molecule has 10 heteroatoms. The van der Waals surface area contributed by atoms with E-state index in [1.807, 2.05) is 35.9 Å². The number of ether oxygens (including phenoxy) is 1. The van der Waals surface area contributed by atoms with E-state index >= 15 is 4.39 Å². The second-order valence-corrected chi connectivity index (χ2v) is 11.8. The van der Waals surface area contributed by atoms with Crippen LogP contribution in [-0.2, 0) is 24.9 Å². The van der Waals surface area contributed by atoms with Gasteiger partial charge in [-0.15, -0.1) is 10.2 Å². The van der Waals surface area contributed by atoms with E-state index in [4.69, 9.17) is 9.72 Å². The number of benzene rings is 2. The number of nitriles is 1. The van der Waals surface area contributed by atoms with Gasteiger partial charge in [0.2, 0.25) is 0 Å². The zero-order valence-electron chi connectivity index (χ0n) is 24.3. The molecule has 3 aliphatic rings. The standard InChI is InChI=1S/C33H32FN7O2/c1-39-19-36-38-32(39)26-10-20(15-35)5-8-25(26)23-13-30(22-6-7-22)37-31(14-23)41-17-28-27(33(41)42)11-21(12-29(28)34)16-40-9-3-4-24(40)18-43-2/h5,8,10-14,19,22,24H,3-4,6-7,9,16-18H2,1-2H3/t24-/m0/s1. The average molecular weight is 578 g/mol. The molecular formula is C33H32FN7O2. The molecule has 2 aromatic heterocycles. The lowest BCUT2D eigenvalue weighted by Crippen LogP contribution is -2.32. The van der Waals surface area contributed by atoms with Crippen LogP contribution < -0.4 is 4.90 Å². The second kappa shape index (κ2) is 11.0. The van der Waals surface area contributed by atoms with E-state index in [9.17, 15) is 10.1 Å². The van der Waals surface area contributed by atoms with Gasteiger partial charge in [-0.2, -0.15) is 5.26 Å². The highest BCUT2D eigenvalue weighted by Crippen LogP contribution is 2.43. The molecule has 4 heterocycles. The summed E-state index contributed by atoms with van der Waals surface area (Å²) in [6.07, 6.45) is 5.82. The Morgan fingerprint density at radius 2 is 1.95 bits per heavy atom. The fourth-order valence-corrected chi connectivity index (χ4v) is 6.41. The summed E-state index contributed by atoms with van der Waals surface area (Å²) in [6.45, 7) is 2.27. The molecule has 4 aromatic rings. The Hall–Kier alpha value is -4.46. The Balaban J connectivity index is 1.25. The molecule has 218 valence electrons. The second-order valence-electron chi connectivity index (χ2n) is 11.8. The summed E-state index contributed by atoms with van der Waals surface area (Å²) in [7, 11) is 3.56. The van der Waals surface area contributed by atoms with Crippen LogP contribution in [0, 0.1) is 17.1 Å². The quantitative estimate of drug-likeness (QED) is 0.284. The van der Waals surface area contributed by atoms with Crippen molar-refractivity contribution in [3.05, 3.63) is 82.6 Å². The molecule has 1 aliphatic carbocycles. The molecule has 1 saturated carbocycles. The minimum absolute atomic E-state index is 0.125. The third kappa shape index (κ3) is 5.09. The van der Waals surface area contributed by atoms with Gasteiger partial charge >= 0.3 is 0 Å². The average Bonchev–Trinajstić information content (AvgIpc) is 3.50. The number of nitrogens with zero attached hydrogens (tertiary/aromatic N) is 7. The number of aryl methyl sites for hydroxylation is 1. The third-order valence-electron chi connectivity index (χ3n) is 8.81. The summed E-state index contributed by atoms with van der Waals surface area (Å²) >= 11 is 0. The number of likely N-dealkylation sites (tertiary alicyclic amines) is 1. The predicted octanol–water partition coefficient (Wildman–Crippen LogP) is 5.20. The minimum atomic E-state index is -0.360. The maximum absolute atomic E-state index is 15.5. The summed E-state index contributed by atoms with van der Waals surface area (Å²) in [6, 6.07) is 15.4. The van der Waals surface area contributed by atoms with E-state index in [1.54, 1.807) is 30.5 Å². The van der Waals surface area contributed by atoms with E-state index in [0.717, 1.165) is 60.2 Å². The SMILES string of the molecule is COC[C@@H]1CCCN1Cc1cc(F)c2c(c1)C(=O)N(c1cc(-c3ccc(C#N)cc3-c3nncn3C)cc(C3CC3)n1)C2. The number of methoxy groups -OCH3 is 1. The molecule has 9 nitrogen and oxygen atoms in total. The highest BCUT2D eigenvalue weighted by molar-refractivity contribution is 6.10. The van der Waals surface area contributed by atoms with Crippen molar-refractivity contribution in [2.75, 3.05) is 25.2 Å². The number of hydrogen-bond donors (Lipinski definition) is 0. The molecule has 7 rings (SSSR count). The molecule has 2 aromatic carbocycles. The third-order valence-corrected chi connectivity index (χ3v) is 8.81. The van der Waals surface area contributed by atoms with Crippen LogP contribution in [0.5, 0.6) is 0 Å². The normalized spacial score (nSPS) is 18.3. The lowest BCUT2D eigenvalue weighted by molar-refractivity contribution is 0.0995. The highest BCUT2D eigenvalue weighted by Gasteiger charge is 2.35. The topological polar surface area (TPSA) is 100 Å². The van der Waals surface area contributed by atoms with Gasteiger partial charge in [-0.25, -0.2) is 9.37 Å². The fourth-order valence-electron chi connectivity index (χ4n) is 6.41. The summed E-state index contributed by atoms with van der Waals surface area (Å²) in [5, 5.41) is 17.9. The van der Waals surface area contributed by atoms with E-state index in [2.05, 4.69) is 27.2 Å². The lowest BCUT2D eigenvalue weighted by Gasteiger charge is -2.24. The van der Waals surface area contributed by atoms with Crippen LogP contribution in [0.1, 0.15) is 64.3 Å². The van der Waals surface area contributed by atoms with Crippen molar-refractivity contribution < 1.29 is 13.9 Å². The van der Waals surface area contributed by atoms with Gasteiger partial charge in [-0.3, -0.25) is 14.6 Å². The van der Waals surface area contributed by atoms with Crippen LogP contribution in [0.2, 0.25) is 0 Å². The van der Waals surface area contributed by atoms with Crippen LogP contribution >= 0.6 is 0 Å². The van der Waals surface area contributed by atoms with Gasteiger partial charge in [-0.1, -0.05) is 6.07 Å². The first-order chi connectivity index (χ1) is 20.9. The summed E-state index contributed by atoms with van der Waals surface area (Å²) in [5.74, 6) is 0.837. The van der Waals surface area contributed by atoms with Gasteiger partial charge in [-0.05, 0) is 85.3 Å². The largest absolute Gasteiger partial charge is 0.383 e. The number of rotatable bonds is 8. The van der Waals surface area contributed by atoms with Crippen molar-refractivity contribution in [2.24, 2.45) is 7.05 Å². The molecule has 0 radical (unpaired) electrons. The van der Waals surface area contributed by atoms with Crippen molar-refractivity contribution in [3.63, 3.8) is 0 Å². The van der Waals surface area contributed by atoms with Gasteiger partial charge in [0.1, 0.15) is 18.0 Å². The Morgan fingerprint density at radius 3 is 2.70 bits per heavy atom. The number of pyridine rings is 1. The van der Waals surface area contributed by atoms with E-state index < -0.39 is 0 Å². The molecule has 0 unspecified atom stereocenters. The zero-order chi connectivity index (χ0) is 29.7. The maximum atomic E-state index is 15.5. The number of aromatic nitrogens is 4. The number of carbonyl (C=O) groups excluding carboxylic acids is 1. The number of carbonyl (C=O) groups is 1. The van der Waals surface area contributed by atoms with E-state index in [1.165, 1.54) is 0 Å². The summed E-state index contributed by atoms with van der Waals surface area (Å²) in [5.41, 5.74) is 5.49. The van der Waals surface area contributed by atoms with Crippen LogP contribution in [0.3, 0.4) is 0 Å². The lowest BCUT2D eigenvalue weighted by atomic mass is 9.96. The number of fused-ring (bicyclic) bond motifs is 1. The number of amides is 1. The van der Waals surface area contributed by atoms with Gasteiger partial charge in [0.15, 0.2) is 5.82 Å². The molecule has 0 bridgehead atoms. The molecular weight excluding hydrogens is 545 g/mol. The molecule has 0 spiro atoms.